The van der Waals surface area contributed by atoms with Crippen LogP contribution < -0.4 is 5.73 Å². The summed E-state index contributed by atoms with van der Waals surface area (Å²) in [4.78, 5) is 22.2. The Hall–Kier alpha value is -1.81. The predicted molar refractivity (Wildman–Crippen MR) is 66.6 cm³/mol. The lowest BCUT2D eigenvalue weighted by molar-refractivity contribution is -0.389. The monoisotopic (exact) mass is 284 g/mol. The first-order chi connectivity index (χ1) is 8.47. The fourth-order valence-corrected chi connectivity index (χ4v) is 2.97. The van der Waals surface area contributed by atoms with Crippen molar-refractivity contribution < 1.29 is 4.92 Å². The molecule has 0 saturated heterocycles. The van der Waals surface area contributed by atoms with Crippen LogP contribution in [0.3, 0.4) is 0 Å². The molecule has 0 bridgehead atoms. The van der Waals surface area contributed by atoms with Crippen LogP contribution in [-0.2, 0) is 0 Å². The molecule has 2 rings (SSSR count). The normalized spacial score (nSPS) is 10.6. The van der Waals surface area contributed by atoms with E-state index in [1.54, 1.807) is 6.92 Å². The van der Waals surface area contributed by atoms with Crippen LogP contribution in [0.5, 0.6) is 0 Å². The topological polar surface area (TPSA) is 121 Å². The molecule has 0 aromatic carbocycles. The summed E-state index contributed by atoms with van der Waals surface area (Å²) in [5.41, 5.74) is 5.58. The smallest absolute Gasteiger partial charge is 0.322 e. The quantitative estimate of drug-likeness (QED) is 0.512. The van der Waals surface area contributed by atoms with Crippen LogP contribution in [0.15, 0.2) is 9.37 Å². The van der Waals surface area contributed by atoms with E-state index in [0.29, 0.717) is 10.2 Å². The van der Waals surface area contributed by atoms with Crippen molar-refractivity contribution >= 4 is 34.9 Å². The number of nitro groups is 1. The van der Waals surface area contributed by atoms with Gasteiger partial charge in [-0.3, -0.25) is 10.1 Å². The predicted octanol–water partition coefficient (Wildman–Crippen LogP) is 1.59. The molecule has 2 N–H and O–H groups in total. The summed E-state index contributed by atoms with van der Waals surface area (Å²) >= 11 is 2.22. The minimum absolute atomic E-state index is 0.00170. The van der Waals surface area contributed by atoms with Gasteiger partial charge in [-0.15, -0.1) is 0 Å². The van der Waals surface area contributed by atoms with Gasteiger partial charge in [-0.1, -0.05) is 0 Å². The maximum Gasteiger partial charge on any atom is 0.322 e. The average Bonchev–Trinajstić information content (AvgIpc) is 2.62. The number of nitrogens with two attached hydrogens (primary N) is 1. The molecule has 0 aliphatic carbocycles. The zero-order chi connectivity index (χ0) is 13.3. The molecule has 0 spiro atoms. The lowest BCUT2D eigenvalue weighted by Gasteiger charge is -2.02. The first-order valence-corrected chi connectivity index (χ1v) is 6.33. The fourth-order valence-electron chi connectivity index (χ4n) is 1.25. The van der Waals surface area contributed by atoms with E-state index in [2.05, 4.69) is 19.3 Å². The third-order valence-corrected chi connectivity index (χ3v) is 3.74. The van der Waals surface area contributed by atoms with Crippen molar-refractivity contribution in [1.29, 1.82) is 0 Å². The summed E-state index contributed by atoms with van der Waals surface area (Å²) in [7, 11) is 0. The van der Waals surface area contributed by atoms with Gasteiger partial charge in [-0.25, -0.2) is 9.97 Å². The second-order valence-corrected chi connectivity index (χ2v) is 5.28. The van der Waals surface area contributed by atoms with Gasteiger partial charge >= 0.3 is 5.69 Å². The van der Waals surface area contributed by atoms with E-state index in [4.69, 9.17) is 5.73 Å². The first-order valence-electron chi connectivity index (χ1n) is 4.74. The molecule has 2 aromatic rings. The van der Waals surface area contributed by atoms with Gasteiger partial charge in [0.15, 0.2) is 9.37 Å². The second kappa shape index (κ2) is 4.82. The summed E-state index contributed by atoms with van der Waals surface area (Å²) in [5.74, 6) is 0.616. The van der Waals surface area contributed by atoms with Crippen molar-refractivity contribution in [3.8, 4) is 0 Å². The van der Waals surface area contributed by atoms with Crippen molar-refractivity contribution in [2.24, 2.45) is 0 Å². The standard InChI is InChI=1S/C8H8N6O2S2/c1-3-5(14(15)16)6(12-7(9)10-3)17-8-11-4(2)13-18-8/h1-2H3,(H2,9,10,12). The minimum Gasteiger partial charge on any atom is -0.368 e. The highest BCUT2D eigenvalue weighted by Gasteiger charge is 2.23. The van der Waals surface area contributed by atoms with E-state index in [1.807, 2.05) is 0 Å². The van der Waals surface area contributed by atoms with E-state index < -0.39 is 4.92 Å². The van der Waals surface area contributed by atoms with Crippen LogP contribution in [0.1, 0.15) is 11.5 Å². The van der Waals surface area contributed by atoms with E-state index in [-0.39, 0.29) is 22.4 Å². The fraction of sp³-hybridized carbons (Fsp3) is 0.250. The molecular formula is C8H8N6O2S2. The SMILES string of the molecule is Cc1nsc(Sc2nc(N)nc(C)c2[N+](=O)[O-])n1. The van der Waals surface area contributed by atoms with Gasteiger partial charge < -0.3 is 5.73 Å². The van der Waals surface area contributed by atoms with Crippen LogP contribution in [0, 0.1) is 24.0 Å². The van der Waals surface area contributed by atoms with Gasteiger partial charge in [-0.2, -0.15) is 9.36 Å². The number of nitrogen functional groups attached to an aromatic ring is 1. The number of aryl methyl sites for hydroxylation is 2. The van der Waals surface area contributed by atoms with Gasteiger partial charge in [0.05, 0.1) is 4.92 Å². The van der Waals surface area contributed by atoms with E-state index in [0.717, 1.165) is 23.3 Å². The van der Waals surface area contributed by atoms with Gasteiger partial charge in [-0.05, 0) is 37.1 Å². The largest absolute Gasteiger partial charge is 0.368 e. The van der Waals surface area contributed by atoms with Gasteiger partial charge in [0, 0.05) is 0 Å². The van der Waals surface area contributed by atoms with Crippen molar-refractivity contribution in [2.75, 3.05) is 5.73 Å². The van der Waals surface area contributed by atoms with Gasteiger partial charge in [0.1, 0.15) is 11.5 Å². The van der Waals surface area contributed by atoms with E-state index >= 15 is 0 Å². The molecule has 0 aliphatic heterocycles. The molecule has 0 fully saturated rings. The van der Waals surface area contributed by atoms with Gasteiger partial charge in [0.25, 0.3) is 0 Å². The molecule has 2 aromatic heterocycles. The molecule has 94 valence electrons. The highest BCUT2D eigenvalue weighted by atomic mass is 32.2. The van der Waals surface area contributed by atoms with Crippen LogP contribution in [0.2, 0.25) is 0 Å². The molecule has 8 nitrogen and oxygen atoms in total. The molecule has 0 aliphatic rings. The number of rotatable bonds is 3. The van der Waals surface area contributed by atoms with Crippen molar-refractivity contribution in [3.63, 3.8) is 0 Å². The van der Waals surface area contributed by atoms with Crippen LogP contribution >= 0.6 is 23.3 Å². The third kappa shape index (κ3) is 2.54. The van der Waals surface area contributed by atoms with Crippen molar-refractivity contribution in [3.05, 3.63) is 21.6 Å². The third-order valence-electron chi connectivity index (χ3n) is 1.92. The molecule has 0 atom stereocenters. The number of anilines is 1. The number of aromatic nitrogens is 4. The van der Waals surface area contributed by atoms with Crippen molar-refractivity contribution in [1.82, 2.24) is 19.3 Å². The lowest BCUT2D eigenvalue weighted by atomic mass is 10.4. The Bertz CT molecular complexity index is 614. The molecule has 0 saturated carbocycles. The zero-order valence-electron chi connectivity index (χ0n) is 9.45. The zero-order valence-corrected chi connectivity index (χ0v) is 11.1. The number of hydrogen-bond donors (Lipinski definition) is 1. The average molecular weight is 284 g/mol. The van der Waals surface area contributed by atoms with Crippen LogP contribution in [-0.4, -0.2) is 24.2 Å². The highest BCUT2D eigenvalue weighted by Crippen LogP contribution is 2.35. The molecule has 0 amide bonds. The Morgan fingerprint density at radius 3 is 2.61 bits per heavy atom. The minimum atomic E-state index is -0.523. The summed E-state index contributed by atoms with van der Waals surface area (Å²) in [6, 6.07) is 0. The van der Waals surface area contributed by atoms with Crippen LogP contribution in [0.25, 0.3) is 0 Å². The molecule has 10 heteroatoms. The summed E-state index contributed by atoms with van der Waals surface area (Å²) in [5, 5.41) is 11.2. The first kappa shape index (κ1) is 12.6. The van der Waals surface area contributed by atoms with E-state index in [9.17, 15) is 10.1 Å². The highest BCUT2D eigenvalue weighted by molar-refractivity contribution is 8.01. The summed E-state index contributed by atoms with van der Waals surface area (Å²) in [6.45, 7) is 3.26. The molecule has 2 heterocycles. The Kier molecular flexibility index (Phi) is 3.39. The Morgan fingerprint density at radius 1 is 1.33 bits per heavy atom. The Morgan fingerprint density at radius 2 is 2.06 bits per heavy atom. The molecule has 18 heavy (non-hydrogen) atoms. The molecule has 0 radical (unpaired) electrons. The number of hydrogen-bond acceptors (Lipinski definition) is 9. The van der Waals surface area contributed by atoms with E-state index in [1.165, 1.54) is 6.92 Å². The Labute approximate surface area is 110 Å². The Balaban J connectivity index is 2.45. The maximum absolute atomic E-state index is 11.0. The molecule has 0 unspecified atom stereocenters. The summed E-state index contributed by atoms with van der Waals surface area (Å²) < 4.78 is 4.57. The number of nitrogens with zero attached hydrogens (tertiary/aromatic N) is 5. The van der Waals surface area contributed by atoms with Gasteiger partial charge in [0.2, 0.25) is 5.95 Å². The lowest BCUT2D eigenvalue weighted by Crippen LogP contribution is -2.03. The van der Waals surface area contributed by atoms with Crippen LogP contribution in [0.4, 0.5) is 11.6 Å². The molecular weight excluding hydrogens is 276 g/mol. The summed E-state index contributed by atoms with van der Waals surface area (Å²) in [6.07, 6.45) is 0. The second-order valence-electron chi connectivity index (χ2n) is 3.29. The van der Waals surface area contributed by atoms with Crippen molar-refractivity contribution in [2.45, 2.75) is 23.2 Å². The maximum atomic E-state index is 11.0.